The first-order valence-corrected chi connectivity index (χ1v) is 8.11. The predicted octanol–water partition coefficient (Wildman–Crippen LogP) is 2.65. The highest BCUT2D eigenvalue weighted by atomic mass is 16.5. The smallest absolute Gasteiger partial charge is 0.252 e. The lowest BCUT2D eigenvalue weighted by molar-refractivity contribution is 0.0952. The molecule has 0 saturated heterocycles. The Balaban J connectivity index is 1.86. The molecule has 3 aromatic rings. The van der Waals surface area contributed by atoms with Crippen LogP contribution in [0.15, 0.2) is 30.6 Å². The first-order chi connectivity index (χ1) is 12.0. The summed E-state index contributed by atoms with van der Waals surface area (Å²) in [6.07, 6.45) is 3.36. The number of aromatic nitrogens is 4. The lowest BCUT2D eigenvalue weighted by Gasteiger charge is -2.10. The van der Waals surface area contributed by atoms with Gasteiger partial charge in [-0.1, -0.05) is 0 Å². The number of amides is 1. The molecule has 3 aromatic heterocycles. The number of hydrogen-bond donors (Lipinski definition) is 1. The molecule has 0 fully saturated rings. The summed E-state index contributed by atoms with van der Waals surface area (Å²) in [6.45, 7) is 6.33. The minimum absolute atomic E-state index is 0.158. The molecule has 25 heavy (non-hydrogen) atoms. The van der Waals surface area contributed by atoms with Crippen LogP contribution in [0.2, 0.25) is 0 Å². The number of methoxy groups -OCH3 is 1. The highest BCUT2D eigenvalue weighted by molar-refractivity contribution is 6.05. The first-order valence-electron chi connectivity index (χ1n) is 8.11. The number of ether oxygens (including phenoxy) is 1. The van der Waals surface area contributed by atoms with Gasteiger partial charge in [-0.05, 0) is 38.5 Å². The van der Waals surface area contributed by atoms with Gasteiger partial charge in [0, 0.05) is 30.5 Å². The van der Waals surface area contributed by atoms with E-state index in [1.54, 1.807) is 31.6 Å². The van der Waals surface area contributed by atoms with E-state index in [2.05, 4.69) is 20.4 Å². The van der Waals surface area contributed by atoms with E-state index < -0.39 is 0 Å². The van der Waals surface area contributed by atoms with E-state index in [1.165, 1.54) is 0 Å². The van der Waals surface area contributed by atoms with Gasteiger partial charge < -0.3 is 10.1 Å². The largest absolute Gasteiger partial charge is 0.481 e. The van der Waals surface area contributed by atoms with Crippen LogP contribution in [0.3, 0.4) is 0 Å². The second-order valence-electron chi connectivity index (χ2n) is 6.12. The Morgan fingerprint density at radius 2 is 2.16 bits per heavy atom. The molecular formula is C18H21N5O2. The predicted molar refractivity (Wildman–Crippen MR) is 94.6 cm³/mol. The topological polar surface area (TPSA) is 81.9 Å². The van der Waals surface area contributed by atoms with E-state index in [4.69, 9.17) is 4.74 Å². The van der Waals surface area contributed by atoms with Crippen LogP contribution in [-0.2, 0) is 6.54 Å². The molecule has 1 N–H and O–H groups in total. The number of fused-ring (bicyclic) bond motifs is 1. The third-order valence-corrected chi connectivity index (χ3v) is 3.89. The van der Waals surface area contributed by atoms with Crippen LogP contribution in [0, 0.1) is 6.92 Å². The quantitative estimate of drug-likeness (QED) is 0.773. The van der Waals surface area contributed by atoms with E-state index >= 15 is 0 Å². The van der Waals surface area contributed by atoms with Crippen LogP contribution in [0.1, 0.15) is 41.5 Å². The third-order valence-electron chi connectivity index (χ3n) is 3.89. The zero-order valence-electron chi connectivity index (χ0n) is 14.8. The van der Waals surface area contributed by atoms with Crippen molar-refractivity contribution in [2.24, 2.45) is 0 Å². The second kappa shape index (κ2) is 6.88. The summed E-state index contributed by atoms with van der Waals surface area (Å²) in [5.41, 5.74) is 3.01. The molecule has 0 saturated carbocycles. The van der Waals surface area contributed by atoms with Crippen molar-refractivity contribution in [3.8, 4) is 5.88 Å². The van der Waals surface area contributed by atoms with Gasteiger partial charge >= 0.3 is 0 Å². The molecule has 7 nitrogen and oxygen atoms in total. The highest BCUT2D eigenvalue weighted by Gasteiger charge is 2.16. The average Bonchev–Trinajstić information content (AvgIpc) is 3.03. The van der Waals surface area contributed by atoms with Gasteiger partial charge in [-0.25, -0.2) is 14.6 Å². The molecule has 130 valence electrons. The molecule has 3 rings (SSSR count). The number of pyridine rings is 2. The van der Waals surface area contributed by atoms with Crippen molar-refractivity contribution >= 4 is 16.9 Å². The molecule has 0 aliphatic carbocycles. The van der Waals surface area contributed by atoms with Crippen molar-refractivity contribution in [3.63, 3.8) is 0 Å². The van der Waals surface area contributed by atoms with Crippen LogP contribution >= 0.6 is 0 Å². The van der Waals surface area contributed by atoms with E-state index in [9.17, 15) is 4.79 Å². The maximum atomic E-state index is 12.7. The van der Waals surface area contributed by atoms with Crippen molar-refractivity contribution in [1.82, 2.24) is 25.1 Å². The summed E-state index contributed by atoms with van der Waals surface area (Å²) < 4.78 is 6.93. The van der Waals surface area contributed by atoms with E-state index in [-0.39, 0.29) is 11.9 Å². The van der Waals surface area contributed by atoms with Crippen LogP contribution in [0.5, 0.6) is 5.88 Å². The van der Waals surface area contributed by atoms with Crippen molar-refractivity contribution in [3.05, 3.63) is 47.4 Å². The van der Waals surface area contributed by atoms with Gasteiger partial charge in [-0.2, -0.15) is 5.10 Å². The van der Waals surface area contributed by atoms with Crippen molar-refractivity contribution < 1.29 is 9.53 Å². The lowest BCUT2D eigenvalue weighted by Crippen LogP contribution is -2.23. The molecule has 0 unspecified atom stereocenters. The molecule has 0 spiro atoms. The highest BCUT2D eigenvalue weighted by Crippen LogP contribution is 2.21. The molecule has 0 radical (unpaired) electrons. The van der Waals surface area contributed by atoms with E-state index in [0.717, 1.165) is 22.3 Å². The molecule has 1 amide bonds. The molecular weight excluding hydrogens is 318 g/mol. The van der Waals surface area contributed by atoms with Gasteiger partial charge in [0.1, 0.15) is 0 Å². The Labute approximate surface area is 146 Å². The van der Waals surface area contributed by atoms with Gasteiger partial charge in [-0.3, -0.25) is 4.79 Å². The van der Waals surface area contributed by atoms with Gasteiger partial charge in [0.15, 0.2) is 5.65 Å². The van der Waals surface area contributed by atoms with Crippen molar-refractivity contribution in [1.29, 1.82) is 0 Å². The zero-order valence-corrected chi connectivity index (χ0v) is 14.8. The second-order valence-corrected chi connectivity index (χ2v) is 6.12. The minimum Gasteiger partial charge on any atom is -0.481 e. The Bertz CT molecular complexity index is 917. The normalized spacial score (nSPS) is 11.1. The molecule has 7 heteroatoms. The summed E-state index contributed by atoms with van der Waals surface area (Å²) in [5.74, 6) is 0.363. The molecule has 0 aliphatic heterocycles. The molecule has 0 bridgehead atoms. The summed E-state index contributed by atoms with van der Waals surface area (Å²) in [7, 11) is 1.56. The summed E-state index contributed by atoms with van der Waals surface area (Å²) in [4.78, 5) is 21.3. The van der Waals surface area contributed by atoms with Gasteiger partial charge in [0.25, 0.3) is 5.91 Å². The van der Waals surface area contributed by atoms with Crippen LogP contribution in [-0.4, -0.2) is 32.8 Å². The molecule has 0 atom stereocenters. The Hall–Kier alpha value is -2.96. The summed E-state index contributed by atoms with van der Waals surface area (Å²) >= 11 is 0. The van der Waals surface area contributed by atoms with Crippen LogP contribution in [0.4, 0.5) is 0 Å². The van der Waals surface area contributed by atoms with Gasteiger partial charge in [0.05, 0.1) is 24.3 Å². The number of hydrogen-bond acceptors (Lipinski definition) is 5. The van der Waals surface area contributed by atoms with E-state index in [0.29, 0.717) is 18.0 Å². The summed E-state index contributed by atoms with van der Waals surface area (Å²) in [6, 6.07) is 5.60. The van der Waals surface area contributed by atoms with Crippen LogP contribution in [0.25, 0.3) is 11.0 Å². The molecule has 0 aliphatic rings. The number of carbonyl (C=O) groups excluding carboxylic acids is 1. The number of aryl methyl sites for hydroxylation is 1. The van der Waals surface area contributed by atoms with E-state index in [1.807, 2.05) is 31.5 Å². The van der Waals surface area contributed by atoms with Crippen molar-refractivity contribution in [2.75, 3.05) is 7.11 Å². The standard InChI is InChI=1S/C18H21N5O2/c1-11(2)23-17-15(10-21-23)14(7-12(3)22-17)18(24)20-9-13-5-6-19-16(8-13)25-4/h5-8,10-11H,9H2,1-4H3,(H,20,24). The fourth-order valence-corrected chi connectivity index (χ4v) is 2.66. The third kappa shape index (κ3) is 3.45. The number of nitrogens with zero attached hydrogens (tertiary/aromatic N) is 4. The number of carbonyl (C=O) groups is 1. The average molecular weight is 339 g/mol. The lowest BCUT2D eigenvalue weighted by atomic mass is 10.1. The van der Waals surface area contributed by atoms with Gasteiger partial charge in [-0.15, -0.1) is 0 Å². The Morgan fingerprint density at radius 3 is 2.88 bits per heavy atom. The van der Waals surface area contributed by atoms with Crippen molar-refractivity contribution in [2.45, 2.75) is 33.4 Å². The first kappa shape index (κ1) is 16.9. The minimum atomic E-state index is -0.158. The Kier molecular flexibility index (Phi) is 4.65. The maximum absolute atomic E-state index is 12.7. The fraction of sp³-hybridized carbons (Fsp3) is 0.333. The number of rotatable bonds is 5. The monoisotopic (exact) mass is 339 g/mol. The summed E-state index contributed by atoms with van der Waals surface area (Å²) in [5, 5.41) is 8.06. The Morgan fingerprint density at radius 1 is 1.36 bits per heavy atom. The zero-order chi connectivity index (χ0) is 18.0. The fourth-order valence-electron chi connectivity index (χ4n) is 2.66. The van der Waals surface area contributed by atoms with Gasteiger partial charge in [0.2, 0.25) is 5.88 Å². The van der Waals surface area contributed by atoms with Crippen LogP contribution < -0.4 is 10.1 Å². The number of nitrogens with one attached hydrogen (secondary N) is 1. The SMILES string of the molecule is COc1cc(CNC(=O)c2cc(C)nc3c2cnn3C(C)C)ccn1. The maximum Gasteiger partial charge on any atom is 0.252 e. The molecule has 3 heterocycles. The molecule has 0 aromatic carbocycles.